The van der Waals surface area contributed by atoms with Crippen molar-refractivity contribution < 1.29 is 0 Å². The maximum Gasteiger partial charge on any atom is 0.159 e. The summed E-state index contributed by atoms with van der Waals surface area (Å²) in [6.45, 7) is 0.886. The van der Waals surface area contributed by atoms with Gasteiger partial charge in [0.1, 0.15) is 0 Å². The van der Waals surface area contributed by atoms with Crippen LogP contribution in [-0.2, 0) is 0 Å². The van der Waals surface area contributed by atoms with Crippen LogP contribution in [0.5, 0.6) is 0 Å². The number of likely N-dealkylation sites (N-methyl/N-ethyl adjacent to an activating group) is 1. The third-order valence-corrected chi connectivity index (χ3v) is 3.32. The van der Waals surface area contributed by atoms with E-state index in [1.54, 1.807) is 11.8 Å². The number of rotatable bonds is 1. The van der Waals surface area contributed by atoms with E-state index < -0.39 is 0 Å². The van der Waals surface area contributed by atoms with E-state index >= 15 is 0 Å². The smallest absolute Gasteiger partial charge is 0.159 e. The van der Waals surface area contributed by atoms with E-state index in [1.807, 2.05) is 0 Å². The van der Waals surface area contributed by atoms with E-state index in [0.717, 1.165) is 11.7 Å². The fourth-order valence-electron chi connectivity index (χ4n) is 1.74. The molecule has 0 amide bonds. The van der Waals surface area contributed by atoms with Crippen molar-refractivity contribution in [3.63, 3.8) is 0 Å². The quantitative estimate of drug-likeness (QED) is 0.701. The van der Waals surface area contributed by atoms with Crippen molar-refractivity contribution in [2.24, 2.45) is 4.99 Å². The summed E-state index contributed by atoms with van der Waals surface area (Å²) in [5.74, 6) is 0. The predicted octanol–water partition coefficient (Wildman–Crippen LogP) is 2.39. The Balaban J connectivity index is 2.17. The Hall–Kier alpha value is -0.960. The van der Waals surface area contributed by atoms with Crippen molar-refractivity contribution in [3.05, 3.63) is 35.9 Å². The molecule has 0 aromatic heterocycles. The molecule has 1 aromatic rings. The molecule has 1 heterocycles. The molecule has 0 saturated heterocycles. The molecule has 0 spiro atoms. The summed E-state index contributed by atoms with van der Waals surface area (Å²) in [6.07, 6.45) is 2.07. The van der Waals surface area contributed by atoms with E-state index in [9.17, 15) is 0 Å². The van der Waals surface area contributed by atoms with Gasteiger partial charge >= 0.3 is 0 Å². The van der Waals surface area contributed by atoms with Crippen molar-refractivity contribution in [1.29, 1.82) is 0 Å². The van der Waals surface area contributed by atoms with Gasteiger partial charge < -0.3 is 4.90 Å². The first-order chi connectivity index (χ1) is 6.83. The molecule has 14 heavy (non-hydrogen) atoms. The molecule has 1 unspecified atom stereocenters. The Kier molecular flexibility index (Phi) is 2.77. The number of nitrogens with zero attached hydrogens (tertiary/aromatic N) is 2. The molecule has 3 heteroatoms. The highest BCUT2D eigenvalue weighted by atomic mass is 32.2. The van der Waals surface area contributed by atoms with Crippen molar-refractivity contribution >= 4 is 16.9 Å². The molecule has 0 bridgehead atoms. The Labute approximate surface area is 89.0 Å². The van der Waals surface area contributed by atoms with Crippen LogP contribution >= 0.6 is 11.8 Å². The topological polar surface area (TPSA) is 15.6 Å². The van der Waals surface area contributed by atoms with Gasteiger partial charge in [0, 0.05) is 7.05 Å². The predicted molar refractivity (Wildman–Crippen MR) is 62.8 cm³/mol. The molecule has 1 atom stereocenters. The molecule has 2 rings (SSSR count). The lowest BCUT2D eigenvalue weighted by molar-refractivity contribution is 0.423. The molecular weight excluding hydrogens is 192 g/mol. The molecular formula is C11H14N2S. The molecule has 0 saturated carbocycles. The fourth-order valence-corrected chi connectivity index (χ4v) is 2.36. The molecule has 2 nitrogen and oxygen atoms in total. The second kappa shape index (κ2) is 4.05. The Morgan fingerprint density at radius 3 is 2.64 bits per heavy atom. The summed E-state index contributed by atoms with van der Waals surface area (Å²) in [5.41, 5.74) is 1.35. The van der Waals surface area contributed by atoms with Crippen molar-refractivity contribution in [2.45, 2.75) is 6.04 Å². The third-order valence-electron chi connectivity index (χ3n) is 2.54. The zero-order valence-corrected chi connectivity index (χ0v) is 9.29. The summed E-state index contributed by atoms with van der Waals surface area (Å²) >= 11 is 1.71. The van der Waals surface area contributed by atoms with Crippen LogP contribution in [0, 0.1) is 0 Å². The van der Waals surface area contributed by atoms with Crippen LogP contribution < -0.4 is 0 Å². The molecule has 1 aromatic carbocycles. The lowest BCUT2D eigenvalue weighted by Crippen LogP contribution is -2.24. The van der Waals surface area contributed by atoms with Crippen LogP contribution in [0.1, 0.15) is 11.6 Å². The van der Waals surface area contributed by atoms with E-state index in [0.29, 0.717) is 6.04 Å². The number of benzene rings is 1. The van der Waals surface area contributed by atoms with E-state index in [1.165, 1.54) is 5.56 Å². The third kappa shape index (κ3) is 1.64. The van der Waals surface area contributed by atoms with Crippen molar-refractivity contribution in [3.8, 4) is 0 Å². The van der Waals surface area contributed by atoms with Crippen LogP contribution in [0.2, 0.25) is 0 Å². The van der Waals surface area contributed by atoms with Gasteiger partial charge in [0.05, 0.1) is 12.6 Å². The van der Waals surface area contributed by atoms with E-state index in [4.69, 9.17) is 0 Å². The van der Waals surface area contributed by atoms with Gasteiger partial charge in [-0.2, -0.15) is 0 Å². The second-order valence-electron chi connectivity index (χ2n) is 3.36. The largest absolute Gasteiger partial charge is 0.346 e. The van der Waals surface area contributed by atoms with Crippen molar-refractivity contribution in [1.82, 2.24) is 4.90 Å². The highest BCUT2D eigenvalue weighted by Crippen LogP contribution is 2.27. The second-order valence-corrected chi connectivity index (χ2v) is 4.14. The monoisotopic (exact) mass is 206 g/mol. The molecule has 0 fully saturated rings. The van der Waals surface area contributed by atoms with Crippen LogP contribution in [0.15, 0.2) is 35.3 Å². The van der Waals surface area contributed by atoms with Gasteiger partial charge in [0.15, 0.2) is 5.17 Å². The standard InChI is InChI=1S/C11H14N2S/c1-13-10(8-12-11(13)14-2)9-6-4-3-5-7-9/h3-7,10H,8H2,1-2H3. The molecule has 1 aliphatic rings. The summed E-state index contributed by atoms with van der Waals surface area (Å²) in [5, 5.41) is 1.14. The normalized spacial score (nSPS) is 21.1. The highest BCUT2D eigenvalue weighted by Gasteiger charge is 2.24. The molecule has 0 radical (unpaired) electrons. The zero-order valence-electron chi connectivity index (χ0n) is 8.47. The molecule has 0 N–H and O–H groups in total. The Morgan fingerprint density at radius 2 is 2.07 bits per heavy atom. The summed E-state index contributed by atoms with van der Waals surface area (Å²) in [6, 6.07) is 11.0. The van der Waals surface area contributed by atoms with Crippen LogP contribution in [-0.4, -0.2) is 29.9 Å². The maximum atomic E-state index is 4.50. The summed E-state index contributed by atoms with van der Waals surface area (Å²) in [4.78, 5) is 6.75. The Morgan fingerprint density at radius 1 is 1.36 bits per heavy atom. The van der Waals surface area contributed by atoms with Gasteiger partial charge in [0.25, 0.3) is 0 Å². The summed E-state index contributed by atoms with van der Waals surface area (Å²) in [7, 11) is 2.11. The Bertz CT molecular complexity index is 334. The van der Waals surface area contributed by atoms with Gasteiger partial charge in [-0.3, -0.25) is 4.99 Å². The molecule has 1 aliphatic heterocycles. The van der Waals surface area contributed by atoms with Crippen molar-refractivity contribution in [2.75, 3.05) is 19.8 Å². The van der Waals surface area contributed by atoms with Crippen LogP contribution in [0.25, 0.3) is 0 Å². The number of thioether (sulfide) groups is 1. The molecule has 74 valence electrons. The lowest BCUT2D eigenvalue weighted by atomic mass is 10.1. The van der Waals surface area contributed by atoms with E-state index in [-0.39, 0.29) is 0 Å². The first-order valence-electron chi connectivity index (χ1n) is 4.69. The summed E-state index contributed by atoms with van der Waals surface area (Å²) < 4.78 is 0. The molecule has 0 aliphatic carbocycles. The minimum Gasteiger partial charge on any atom is -0.346 e. The first-order valence-corrected chi connectivity index (χ1v) is 5.91. The average molecular weight is 206 g/mol. The van der Waals surface area contributed by atoms with Gasteiger partial charge in [-0.05, 0) is 11.8 Å². The number of amidine groups is 1. The first kappa shape index (κ1) is 9.59. The maximum absolute atomic E-state index is 4.50. The number of hydrogen-bond donors (Lipinski definition) is 0. The van der Waals surface area contributed by atoms with Gasteiger partial charge in [-0.15, -0.1) is 0 Å². The minimum atomic E-state index is 0.429. The highest BCUT2D eigenvalue weighted by molar-refractivity contribution is 8.13. The minimum absolute atomic E-state index is 0.429. The van der Waals surface area contributed by atoms with Crippen LogP contribution in [0.3, 0.4) is 0 Å². The lowest BCUT2D eigenvalue weighted by Gasteiger charge is -2.22. The van der Waals surface area contributed by atoms with Gasteiger partial charge in [0.2, 0.25) is 0 Å². The van der Waals surface area contributed by atoms with E-state index in [2.05, 4.69) is 53.5 Å². The van der Waals surface area contributed by atoms with Gasteiger partial charge in [-0.25, -0.2) is 0 Å². The van der Waals surface area contributed by atoms with Crippen LogP contribution in [0.4, 0.5) is 0 Å². The zero-order chi connectivity index (χ0) is 9.97. The number of hydrogen-bond acceptors (Lipinski definition) is 3. The SMILES string of the molecule is CSC1=NCC(c2ccccc2)N1C. The van der Waals surface area contributed by atoms with Gasteiger partial charge in [-0.1, -0.05) is 42.1 Å². The fraction of sp³-hybridized carbons (Fsp3) is 0.364. The number of aliphatic imine (C=N–C) groups is 1. The average Bonchev–Trinajstić information content (AvgIpc) is 2.61.